The zero-order chi connectivity index (χ0) is 16.4. The first-order chi connectivity index (χ1) is 11.0. The van der Waals surface area contributed by atoms with Crippen LogP contribution < -0.4 is 5.32 Å². The van der Waals surface area contributed by atoms with Crippen LogP contribution >= 0.6 is 22.7 Å². The van der Waals surface area contributed by atoms with Crippen molar-refractivity contribution in [3.05, 3.63) is 61.3 Å². The van der Waals surface area contributed by atoms with Crippen LogP contribution in [0.4, 0.5) is 22.2 Å². The van der Waals surface area contributed by atoms with Crippen LogP contribution in [-0.2, 0) is 0 Å². The molecule has 0 aliphatic carbocycles. The lowest BCUT2D eigenvalue weighted by atomic mass is 10.2. The van der Waals surface area contributed by atoms with E-state index in [2.05, 4.69) is 10.3 Å². The lowest BCUT2D eigenvalue weighted by Crippen LogP contribution is -1.98. The first-order valence-corrected chi connectivity index (χ1v) is 8.00. The van der Waals surface area contributed by atoms with E-state index in [1.54, 1.807) is 11.3 Å². The smallest absolute Gasteiger partial charge is 0.299 e. The van der Waals surface area contributed by atoms with Crippen LogP contribution in [0, 0.1) is 20.2 Å². The van der Waals surface area contributed by atoms with Crippen LogP contribution in [0.2, 0.25) is 0 Å². The lowest BCUT2D eigenvalue weighted by Gasteiger charge is -2.03. The van der Waals surface area contributed by atoms with E-state index in [1.165, 1.54) is 23.5 Å². The van der Waals surface area contributed by atoms with Gasteiger partial charge in [-0.15, -0.1) is 22.7 Å². The van der Waals surface area contributed by atoms with Crippen molar-refractivity contribution in [3.8, 4) is 10.6 Å². The Hall–Kier alpha value is -2.85. The van der Waals surface area contributed by atoms with E-state index in [0.717, 1.165) is 16.6 Å². The number of non-ortho nitro benzene ring substituents is 1. The van der Waals surface area contributed by atoms with Crippen LogP contribution in [0.25, 0.3) is 10.6 Å². The summed E-state index contributed by atoms with van der Waals surface area (Å²) in [5.41, 5.74) is 0.234. The fourth-order valence-electron chi connectivity index (χ4n) is 1.87. The summed E-state index contributed by atoms with van der Waals surface area (Å²) in [7, 11) is 0. The fraction of sp³-hybridized carbons (Fsp3) is 0. The molecule has 0 radical (unpaired) electrons. The number of nitrogens with zero attached hydrogens (tertiary/aromatic N) is 3. The van der Waals surface area contributed by atoms with E-state index in [-0.39, 0.29) is 17.1 Å². The molecule has 8 nitrogen and oxygen atoms in total. The van der Waals surface area contributed by atoms with Crippen LogP contribution in [0.5, 0.6) is 0 Å². The second kappa shape index (κ2) is 6.10. The highest BCUT2D eigenvalue weighted by Crippen LogP contribution is 2.34. The lowest BCUT2D eigenvalue weighted by molar-refractivity contribution is -0.393. The Morgan fingerprint density at radius 2 is 1.91 bits per heavy atom. The quantitative estimate of drug-likeness (QED) is 0.539. The van der Waals surface area contributed by atoms with Gasteiger partial charge >= 0.3 is 0 Å². The SMILES string of the molecule is O=[N+]([O-])c1ccc(Nc2nc(-c3cccs3)cs2)c([N+](=O)[O-])c1. The normalized spacial score (nSPS) is 10.4. The molecule has 10 heteroatoms. The molecule has 0 spiro atoms. The van der Waals surface area contributed by atoms with Crippen LogP contribution in [-0.4, -0.2) is 14.8 Å². The predicted octanol–water partition coefficient (Wildman–Crippen LogP) is 4.43. The average Bonchev–Trinajstić information content (AvgIpc) is 3.17. The van der Waals surface area contributed by atoms with Crippen molar-refractivity contribution in [2.75, 3.05) is 5.32 Å². The Bertz CT molecular complexity index is 876. The number of thiophene rings is 1. The maximum Gasteiger partial charge on any atom is 0.299 e. The topological polar surface area (TPSA) is 111 Å². The third-order valence-electron chi connectivity index (χ3n) is 2.91. The number of nitrogens with one attached hydrogen (secondary N) is 1. The molecule has 23 heavy (non-hydrogen) atoms. The minimum absolute atomic E-state index is 0.160. The molecular weight excluding hydrogens is 340 g/mol. The Balaban J connectivity index is 1.91. The van der Waals surface area contributed by atoms with Gasteiger partial charge in [-0.3, -0.25) is 20.2 Å². The highest BCUT2D eigenvalue weighted by molar-refractivity contribution is 7.16. The molecule has 0 amide bonds. The third kappa shape index (κ3) is 3.17. The second-order valence-corrected chi connectivity index (χ2v) is 6.16. The Morgan fingerprint density at radius 1 is 1.09 bits per heavy atom. The van der Waals surface area contributed by atoms with E-state index in [0.29, 0.717) is 5.13 Å². The van der Waals surface area contributed by atoms with E-state index in [9.17, 15) is 20.2 Å². The minimum atomic E-state index is -0.672. The van der Waals surface area contributed by atoms with E-state index in [1.807, 2.05) is 22.9 Å². The molecule has 2 heterocycles. The minimum Gasteiger partial charge on any atom is -0.326 e. The number of nitro benzene ring substituents is 2. The first kappa shape index (κ1) is 15.1. The Labute approximate surface area is 137 Å². The van der Waals surface area contributed by atoms with E-state index >= 15 is 0 Å². The molecule has 3 aromatic rings. The van der Waals surface area contributed by atoms with Crippen LogP contribution in [0.15, 0.2) is 41.1 Å². The monoisotopic (exact) mass is 348 g/mol. The van der Waals surface area contributed by atoms with E-state index in [4.69, 9.17) is 0 Å². The van der Waals surface area contributed by atoms with Gasteiger partial charge in [0.25, 0.3) is 11.4 Å². The number of aromatic nitrogens is 1. The second-order valence-electron chi connectivity index (χ2n) is 4.36. The predicted molar refractivity (Wildman–Crippen MR) is 88.5 cm³/mol. The Morgan fingerprint density at radius 3 is 2.57 bits per heavy atom. The highest BCUT2D eigenvalue weighted by Gasteiger charge is 2.20. The number of nitro groups is 2. The molecule has 1 N–H and O–H groups in total. The molecule has 2 aromatic heterocycles. The van der Waals surface area contributed by atoms with Gasteiger partial charge in [0.1, 0.15) is 5.69 Å². The van der Waals surface area contributed by atoms with Gasteiger partial charge in [-0.25, -0.2) is 4.98 Å². The standard InChI is InChI=1S/C13H8N4O4S2/c18-16(19)8-3-4-9(11(6-8)17(20)21)14-13-15-10(7-23-13)12-2-1-5-22-12/h1-7H,(H,14,15). The average molecular weight is 348 g/mol. The van der Waals surface area contributed by atoms with Gasteiger partial charge < -0.3 is 5.32 Å². The van der Waals surface area contributed by atoms with Crippen LogP contribution in [0.3, 0.4) is 0 Å². The fourth-order valence-corrected chi connectivity index (χ4v) is 3.36. The number of hydrogen-bond acceptors (Lipinski definition) is 8. The van der Waals surface area contributed by atoms with Crippen molar-refractivity contribution >= 4 is 44.9 Å². The van der Waals surface area contributed by atoms with Gasteiger partial charge in [-0.05, 0) is 17.5 Å². The molecule has 3 rings (SSSR count). The molecule has 0 bridgehead atoms. The number of benzene rings is 1. The molecule has 1 aromatic carbocycles. The highest BCUT2D eigenvalue weighted by atomic mass is 32.1. The molecule has 0 aliphatic rings. The summed E-state index contributed by atoms with van der Waals surface area (Å²) in [6, 6.07) is 7.28. The van der Waals surface area contributed by atoms with Crippen molar-refractivity contribution in [2.24, 2.45) is 0 Å². The summed E-state index contributed by atoms with van der Waals surface area (Å²) in [6.07, 6.45) is 0. The Kier molecular flexibility index (Phi) is 4.00. The van der Waals surface area contributed by atoms with Gasteiger partial charge in [-0.1, -0.05) is 6.07 Å². The summed E-state index contributed by atoms with van der Waals surface area (Å²) in [5, 5.41) is 28.9. The number of thiazole rings is 1. The molecule has 0 fully saturated rings. The molecular formula is C13H8N4O4S2. The van der Waals surface area contributed by atoms with Gasteiger partial charge in [0.05, 0.1) is 26.5 Å². The first-order valence-electron chi connectivity index (χ1n) is 6.24. The number of hydrogen-bond donors (Lipinski definition) is 1. The molecule has 0 unspecified atom stereocenters. The molecule has 0 saturated carbocycles. The summed E-state index contributed by atoms with van der Waals surface area (Å²) in [5.74, 6) is 0. The summed E-state index contributed by atoms with van der Waals surface area (Å²) < 4.78 is 0. The van der Waals surface area contributed by atoms with Crippen molar-refractivity contribution in [3.63, 3.8) is 0 Å². The third-order valence-corrected chi connectivity index (χ3v) is 4.56. The zero-order valence-electron chi connectivity index (χ0n) is 11.3. The summed E-state index contributed by atoms with van der Waals surface area (Å²) in [4.78, 5) is 25.9. The molecule has 0 aliphatic heterocycles. The van der Waals surface area contributed by atoms with Gasteiger partial charge in [0, 0.05) is 11.4 Å². The van der Waals surface area contributed by atoms with Crippen molar-refractivity contribution in [1.82, 2.24) is 4.98 Å². The molecule has 0 saturated heterocycles. The summed E-state index contributed by atoms with van der Waals surface area (Å²) >= 11 is 2.84. The summed E-state index contributed by atoms with van der Waals surface area (Å²) in [6.45, 7) is 0. The molecule has 116 valence electrons. The van der Waals surface area contributed by atoms with Gasteiger partial charge in [-0.2, -0.15) is 0 Å². The van der Waals surface area contributed by atoms with Crippen molar-refractivity contribution in [1.29, 1.82) is 0 Å². The van der Waals surface area contributed by atoms with Gasteiger partial charge in [0.15, 0.2) is 5.13 Å². The maximum absolute atomic E-state index is 11.1. The largest absolute Gasteiger partial charge is 0.326 e. The van der Waals surface area contributed by atoms with Crippen LogP contribution in [0.1, 0.15) is 0 Å². The van der Waals surface area contributed by atoms with Crippen molar-refractivity contribution < 1.29 is 9.85 Å². The maximum atomic E-state index is 11.1. The number of anilines is 2. The zero-order valence-corrected chi connectivity index (χ0v) is 13.0. The van der Waals surface area contributed by atoms with Crippen molar-refractivity contribution in [2.45, 2.75) is 0 Å². The van der Waals surface area contributed by atoms with E-state index < -0.39 is 9.85 Å². The van der Waals surface area contributed by atoms with Gasteiger partial charge in [0.2, 0.25) is 0 Å². The molecule has 0 atom stereocenters. The number of rotatable bonds is 5.